The lowest BCUT2D eigenvalue weighted by molar-refractivity contribution is -0.115. The number of nitrogens with two attached hydrogens (primary N) is 1. The maximum absolute atomic E-state index is 14.3. The van der Waals surface area contributed by atoms with Crippen molar-refractivity contribution in [1.82, 2.24) is 5.32 Å². The van der Waals surface area contributed by atoms with Gasteiger partial charge in [0.15, 0.2) is 0 Å². The summed E-state index contributed by atoms with van der Waals surface area (Å²) < 4.78 is 14.3. The molecule has 1 unspecified atom stereocenters. The topological polar surface area (TPSA) is 130 Å². The number of benzene rings is 4. The van der Waals surface area contributed by atoms with Gasteiger partial charge in [-0.25, -0.2) is 4.39 Å². The molecule has 212 valence electrons. The Hall–Kier alpha value is -5.22. The molecular formula is C32H27FN4O4S. The van der Waals surface area contributed by atoms with Crippen LogP contribution >= 0.6 is 11.8 Å². The van der Waals surface area contributed by atoms with Gasteiger partial charge in [0.1, 0.15) is 11.5 Å². The first-order valence-electron chi connectivity index (χ1n) is 12.8. The van der Waals surface area contributed by atoms with Crippen molar-refractivity contribution in [3.05, 3.63) is 131 Å². The van der Waals surface area contributed by atoms with Crippen molar-refractivity contribution < 1.29 is 23.6 Å². The van der Waals surface area contributed by atoms with Crippen molar-refractivity contribution >= 4 is 52.8 Å². The number of anilines is 2. The van der Waals surface area contributed by atoms with Crippen molar-refractivity contribution in [1.29, 1.82) is 0 Å². The Bertz CT molecular complexity index is 1620. The van der Waals surface area contributed by atoms with Gasteiger partial charge in [0, 0.05) is 33.0 Å². The SMILES string of the molecule is CC(Sc1ccc(NC(=O)/C(=C/c2ccccc2F)NC(=O)c2ccccc2)cc1)C(=O)Nc1ccc(C(N)=O)cc1. The number of hydrogen-bond donors (Lipinski definition) is 4. The van der Waals surface area contributed by atoms with Crippen molar-refractivity contribution in [3.63, 3.8) is 0 Å². The number of hydrogen-bond acceptors (Lipinski definition) is 5. The Morgan fingerprint density at radius 3 is 2.00 bits per heavy atom. The zero-order valence-electron chi connectivity index (χ0n) is 22.5. The third-order valence-electron chi connectivity index (χ3n) is 5.97. The monoisotopic (exact) mass is 582 g/mol. The van der Waals surface area contributed by atoms with E-state index in [0.29, 0.717) is 22.5 Å². The van der Waals surface area contributed by atoms with E-state index in [9.17, 15) is 23.6 Å². The van der Waals surface area contributed by atoms with E-state index in [-0.39, 0.29) is 17.2 Å². The van der Waals surface area contributed by atoms with Crippen LogP contribution in [0.1, 0.15) is 33.2 Å². The first-order valence-corrected chi connectivity index (χ1v) is 13.7. The number of carbonyl (C=O) groups is 4. The largest absolute Gasteiger partial charge is 0.366 e. The van der Waals surface area contributed by atoms with E-state index in [1.54, 1.807) is 79.7 Å². The Balaban J connectivity index is 1.41. The first-order chi connectivity index (χ1) is 20.2. The van der Waals surface area contributed by atoms with Crippen molar-refractivity contribution in [2.45, 2.75) is 17.1 Å². The van der Waals surface area contributed by atoms with Crippen LogP contribution in [-0.4, -0.2) is 28.9 Å². The highest BCUT2D eigenvalue weighted by molar-refractivity contribution is 8.00. The maximum atomic E-state index is 14.3. The average molecular weight is 583 g/mol. The minimum Gasteiger partial charge on any atom is -0.366 e. The molecule has 8 nitrogen and oxygen atoms in total. The fraction of sp³-hybridized carbons (Fsp3) is 0.0625. The van der Waals surface area contributed by atoms with E-state index >= 15 is 0 Å². The summed E-state index contributed by atoms with van der Waals surface area (Å²) in [4.78, 5) is 50.6. The summed E-state index contributed by atoms with van der Waals surface area (Å²) in [6.07, 6.45) is 1.28. The quantitative estimate of drug-likeness (QED) is 0.146. The van der Waals surface area contributed by atoms with E-state index in [2.05, 4.69) is 16.0 Å². The molecule has 4 rings (SSSR count). The summed E-state index contributed by atoms with van der Waals surface area (Å²) in [5.74, 6) is -2.49. The molecule has 10 heteroatoms. The summed E-state index contributed by atoms with van der Waals surface area (Å²) in [6, 6.07) is 27.4. The molecule has 0 saturated carbocycles. The Labute approximate surface area is 246 Å². The molecule has 0 saturated heterocycles. The second-order valence-electron chi connectivity index (χ2n) is 9.07. The van der Waals surface area contributed by atoms with Crippen molar-refractivity contribution in [2.75, 3.05) is 10.6 Å². The number of primary amides is 1. The van der Waals surface area contributed by atoms with Gasteiger partial charge in [-0.15, -0.1) is 11.8 Å². The number of amides is 4. The lowest BCUT2D eigenvalue weighted by atomic mass is 10.1. The molecule has 0 aliphatic carbocycles. The highest BCUT2D eigenvalue weighted by atomic mass is 32.2. The molecule has 5 N–H and O–H groups in total. The lowest BCUT2D eigenvalue weighted by Gasteiger charge is -2.14. The predicted molar refractivity (Wildman–Crippen MR) is 162 cm³/mol. The Kier molecular flexibility index (Phi) is 9.85. The van der Waals surface area contributed by atoms with E-state index < -0.39 is 28.8 Å². The molecule has 4 aromatic carbocycles. The summed E-state index contributed by atoms with van der Waals surface area (Å²) in [7, 11) is 0. The number of rotatable bonds is 10. The predicted octanol–water partition coefficient (Wildman–Crippen LogP) is 5.45. The maximum Gasteiger partial charge on any atom is 0.272 e. The van der Waals surface area contributed by atoms with Gasteiger partial charge in [-0.2, -0.15) is 0 Å². The van der Waals surface area contributed by atoms with Crippen LogP contribution in [0.15, 0.2) is 114 Å². The molecule has 0 spiro atoms. The van der Waals surface area contributed by atoms with Crippen LogP contribution in [0.5, 0.6) is 0 Å². The van der Waals surface area contributed by atoms with Gasteiger partial charge in [-0.05, 0) is 79.7 Å². The smallest absolute Gasteiger partial charge is 0.272 e. The molecule has 0 radical (unpaired) electrons. The molecule has 0 bridgehead atoms. The lowest BCUT2D eigenvalue weighted by Crippen LogP contribution is -2.30. The molecule has 4 aromatic rings. The molecule has 0 fully saturated rings. The average Bonchev–Trinajstić information content (AvgIpc) is 2.99. The summed E-state index contributed by atoms with van der Waals surface area (Å²) in [5, 5.41) is 7.64. The molecular weight excluding hydrogens is 555 g/mol. The molecule has 0 aromatic heterocycles. The van der Waals surface area contributed by atoms with Gasteiger partial charge in [0.05, 0.1) is 5.25 Å². The highest BCUT2D eigenvalue weighted by Gasteiger charge is 2.17. The van der Waals surface area contributed by atoms with Crippen LogP contribution in [0.4, 0.5) is 15.8 Å². The van der Waals surface area contributed by atoms with Gasteiger partial charge in [-0.1, -0.05) is 36.4 Å². The highest BCUT2D eigenvalue weighted by Crippen LogP contribution is 2.26. The minimum absolute atomic E-state index is 0.137. The molecule has 1 atom stereocenters. The fourth-order valence-corrected chi connectivity index (χ4v) is 4.59. The zero-order valence-corrected chi connectivity index (χ0v) is 23.3. The van der Waals surface area contributed by atoms with E-state index in [1.165, 1.54) is 48.2 Å². The minimum atomic E-state index is -0.641. The van der Waals surface area contributed by atoms with Gasteiger partial charge < -0.3 is 21.7 Å². The van der Waals surface area contributed by atoms with E-state index in [1.807, 2.05) is 0 Å². The van der Waals surface area contributed by atoms with E-state index in [4.69, 9.17) is 5.73 Å². The molecule has 0 heterocycles. The zero-order chi connectivity index (χ0) is 30.1. The summed E-state index contributed by atoms with van der Waals surface area (Å²) >= 11 is 1.31. The van der Waals surface area contributed by atoms with Crippen molar-refractivity contribution in [2.24, 2.45) is 5.73 Å². The number of carbonyl (C=O) groups excluding carboxylic acids is 4. The number of nitrogens with one attached hydrogen (secondary N) is 3. The van der Waals surface area contributed by atoms with Gasteiger partial charge in [0.25, 0.3) is 11.8 Å². The van der Waals surface area contributed by atoms with Gasteiger partial charge in [0.2, 0.25) is 11.8 Å². The van der Waals surface area contributed by atoms with Crippen molar-refractivity contribution in [3.8, 4) is 0 Å². The molecule has 42 heavy (non-hydrogen) atoms. The standard InChI is InChI=1S/C32H27FN4O4S/c1-20(30(39)35-24-13-11-21(12-14-24)29(34)38)42-26-17-15-25(16-18-26)36-32(41)28(19-23-9-5-6-10-27(23)33)37-31(40)22-7-3-2-4-8-22/h2-20H,1H3,(H2,34,38)(H,35,39)(H,36,41)(H,37,40)/b28-19-. The number of thioether (sulfide) groups is 1. The second-order valence-corrected chi connectivity index (χ2v) is 10.5. The van der Waals surface area contributed by atoms with E-state index in [0.717, 1.165) is 4.90 Å². The summed E-state index contributed by atoms with van der Waals surface area (Å²) in [5.41, 5.74) is 6.90. The molecule has 0 aliphatic heterocycles. The Morgan fingerprint density at radius 2 is 1.36 bits per heavy atom. The first kappa shape index (κ1) is 29.8. The normalized spacial score (nSPS) is 11.7. The van der Waals surface area contributed by atoms with Gasteiger partial charge in [-0.3, -0.25) is 19.2 Å². The van der Waals surface area contributed by atoms with Crippen LogP contribution in [0, 0.1) is 5.82 Å². The van der Waals surface area contributed by atoms with Crippen LogP contribution in [0.25, 0.3) is 6.08 Å². The molecule has 0 aliphatic rings. The third-order valence-corrected chi connectivity index (χ3v) is 7.08. The second kappa shape index (κ2) is 13.9. The number of halogens is 1. The Morgan fingerprint density at radius 1 is 0.762 bits per heavy atom. The van der Waals surface area contributed by atoms with Crippen LogP contribution in [-0.2, 0) is 9.59 Å². The van der Waals surface area contributed by atoms with Crippen LogP contribution < -0.4 is 21.7 Å². The molecule has 4 amide bonds. The fourth-order valence-electron chi connectivity index (χ4n) is 3.72. The van der Waals surface area contributed by atoms with Gasteiger partial charge >= 0.3 is 0 Å². The van der Waals surface area contributed by atoms with Crippen LogP contribution in [0.3, 0.4) is 0 Å². The summed E-state index contributed by atoms with van der Waals surface area (Å²) in [6.45, 7) is 1.75. The third kappa shape index (κ3) is 8.15. The van der Waals surface area contributed by atoms with Crippen LogP contribution in [0.2, 0.25) is 0 Å².